The number of nitrogens with one attached hydrogen (secondary N) is 2. The fourth-order valence-corrected chi connectivity index (χ4v) is 5.86. The second-order valence-electron chi connectivity index (χ2n) is 9.38. The van der Waals surface area contributed by atoms with Crippen molar-refractivity contribution in [2.75, 3.05) is 23.8 Å². The summed E-state index contributed by atoms with van der Waals surface area (Å²) in [6.07, 6.45) is 2.46. The minimum Gasteiger partial charge on any atom is -0.396 e. The van der Waals surface area contributed by atoms with E-state index in [9.17, 15) is 24.1 Å². The smallest absolute Gasteiger partial charge is 0.290 e. The molecule has 14 heteroatoms. The van der Waals surface area contributed by atoms with Crippen LogP contribution >= 0.6 is 34.5 Å². The van der Waals surface area contributed by atoms with Gasteiger partial charge in [-0.3, -0.25) is 4.98 Å². The van der Waals surface area contributed by atoms with Gasteiger partial charge >= 0.3 is 0 Å². The van der Waals surface area contributed by atoms with E-state index in [2.05, 4.69) is 30.6 Å². The summed E-state index contributed by atoms with van der Waals surface area (Å²) in [5.41, 5.74) is -0.674. The number of aliphatic hydroxyl groups excluding tert-OH is 2. The lowest BCUT2D eigenvalue weighted by Crippen LogP contribution is -2.48. The molecule has 3 aromatic heterocycles. The second kappa shape index (κ2) is 10.7. The third-order valence-corrected chi connectivity index (χ3v) is 8.50. The van der Waals surface area contributed by atoms with E-state index in [0.29, 0.717) is 28.2 Å². The largest absolute Gasteiger partial charge is 0.396 e. The van der Waals surface area contributed by atoms with Crippen molar-refractivity contribution in [3.05, 3.63) is 58.0 Å². The number of hydrogen-bond acceptors (Lipinski definition) is 10. The molecule has 1 aliphatic rings. The van der Waals surface area contributed by atoms with Crippen molar-refractivity contribution < 1.29 is 24.1 Å². The summed E-state index contributed by atoms with van der Waals surface area (Å²) < 4.78 is 30.8. The number of halogens is 4. The molecule has 0 radical (unpaired) electrons. The van der Waals surface area contributed by atoms with E-state index in [1.54, 1.807) is 25.4 Å². The number of benzene rings is 1. The van der Waals surface area contributed by atoms with Gasteiger partial charge in [-0.2, -0.15) is 13.8 Å². The lowest BCUT2D eigenvalue weighted by molar-refractivity contribution is -0.0545. The standard InChI is InChI=1S/C25H24Cl2F2N6O3S/c1-12-19(22-33-17-9-30-7-5-18(17)39-22)21(35-25(38)6-4-13(10-36)20(25)37)34-23(32-12)31-11-24(28,29)14-2-3-15(26)16(27)8-14/h2-3,5,7-9,13,20,36-38H,4,6,10-11H2,1H3,(H2,31,32,34,35). The van der Waals surface area contributed by atoms with Crippen molar-refractivity contribution in [2.45, 2.75) is 37.5 Å². The van der Waals surface area contributed by atoms with Crippen LogP contribution in [0.15, 0.2) is 36.7 Å². The highest BCUT2D eigenvalue weighted by atomic mass is 35.5. The number of fused-ring (bicyclic) bond motifs is 1. The number of aromatic nitrogens is 4. The Bertz CT molecular complexity index is 1490. The average molecular weight is 597 g/mol. The minimum atomic E-state index is -3.34. The lowest BCUT2D eigenvalue weighted by Gasteiger charge is -2.31. The van der Waals surface area contributed by atoms with E-state index in [0.717, 1.165) is 10.8 Å². The summed E-state index contributed by atoms with van der Waals surface area (Å²) in [6, 6.07) is 5.39. The number of hydrogen-bond donors (Lipinski definition) is 5. The molecule has 3 heterocycles. The number of thiazole rings is 1. The van der Waals surface area contributed by atoms with Crippen molar-refractivity contribution in [2.24, 2.45) is 5.92 Å². The fourth-order valence-electron chi connectivity index (χ4n) is 4.53. The molecule has 3 atom stereocenters. The maximum absolute atomic E-state index is 15.0. The van der Waals surface area contributed by atoms with Gasteiger partial charge in [0.1, 0.15) is 22.4 Å². The Morgan fingerprint density at radius 2 is 1.97 bits per heavy atom. The molecule has 3 unspecified atom stereocenters. The third-order valence-electron chi connectivity index (χ3n) is 6.71. The van der Waals surface area contributed by atoms with E-state index < -0.39 is 30.2 Å². The first kappa shape index (κ1) is 27.8. The molecule has 39 heavy (non-hydrogen) atoms. The fraction of sp³-hybridized carbons (Fsp3) is 0.360. The number of rotatable bonds is 8. The van der Waals surface area contributed by atoms with E-state index in [1.165, 1.54) is 23.5 Å². The first-order chi connectivity index (χ1) is 18.5. The summed E-state index contributed by atoms with van der Waals surface area (Å²) in [4.78, 5) is 17.5. The molecule has 0 amide bonds. The van der Waals surface area contributed by atoms with Gasteiger partial charge in [-0.25, -0.2) is 9.97 Å². The van der Waals surface area contributed by atoms with Gasteiger partial charge in [0.2, 0.25) is 5.95 Å². The first-order valence-corrected chi connectivity index (χ1v) is 13.5. The number of anilines is 2. The van der Waals surface area contributed by atoms with Gasteiger partial charge in [0, 0.05) is 24.3 Å². The maximum Gasteiger partial charge on any atom is 0.290 e. The normalized spacial score (nSPS) is 21.4. The highest BCUT2D eigenvalue weighted by Gasteiger charge is 2.47. The molecule has 0 spiro atoms. The molecule has 0 aliphatic heterocycles. The zero-order valence-electron chi connectivity index (χ0n) is 20.5. The molecule has 0 bridgehead atoms. The van der Waals surface area contributed by atoms with Crippen molar-refractivity contribution in [3.8, 4) is 10.6 Å². The van der Waals surface area contributed by atoms with Crippen LogP contribution in [0.1, 0.15) is 24.1 Å². The van der Waals surface area contributed by atoms with E-state index in [-0.39, 0.29) is 40.4 Å². The van der Waals surface area contributed by atoms with E-state index >= 15 is 0 Å². The van der Waals surface area contributed by atoms with Crippen LogP contribution < -0.4 is 10.6 Å². The number of aliphatic hydroxyl groups is 3. The Morgan fingerprint density at radius 3 is 2.67 bits per heavy atom. The Kier molecular flexibility index (Phi) is 7.61. The molecule has 0 saturated heterocycles. The highest BCUT2D eigenvalue weighted by Crippen LogP contribution is 2.41. The van der Waals surface area contributed by atoms with Crippen molar-refractivity contribution >= 4 is 56.5 Å². The van der Waals surface area contributed by atoms with Crippen LogP contribution in [0.3, 0.4) is 0 Å². The van der Waals surface area contributed by atoms with Crippen LogP contribution in [0.4, 0.5) is 20.5 Å². The van der Waals surface area contributed by atoms with Crippen molar-refractivity contribution in [1.82, 2.24) is 19.9 Å². The Labute approximate surface area is 235 Å². The topological polar surface area (TPSA) is 136 Å². The minimum absolute atomic E-state index is 0.00681. The highest BCUT2D eigenvalue weighted by molar-refractivity contribution is 7.21. The zero-order valence-corrected chi connectivity index (χ0v) is 22.8. The van der Waals surface area contributed by atoms with Crippen LogP contribution in [0, 0.1) is 12.8 Å². The summed E-state index contributed by atoms with van der Waals surface area (Å²) in [5.74, 6) is -3.91. The van der Waals surface area contributed by atoms with E-state index in [1.807, 2.05) is 0 Å². The van der Waals surface area contributed by atoms with E-state index in [4.69, 9.17) is 23.2 Å². The molecule has 9 nitrogen and oxygen atoms in total. The molecule has 1 aliphatic carbocycles. The predicted octanol–water partition coefficient (Wildman–Crippen LogP) is 4.83. The molecule has 5 N–H and O–H groups in total. The Hall–Kier alpha value is -2.74. The maximum atomic E-state index is 15.0. The van der Waals surface area contributed by atoms with Crippen LogP contribution in [-0.2, 0) is 5.92 Å². The van der Waals surface area contributed by atoms with Gasteiger partial charge in [-0.1, -0.05) is 29.3 Å². The number of nitrogens with zero attached hydrogens (tertiary/aromatic N) is 4. The van der Waals surface area contributed by atoms with Gasteiger partial charge < -0.3 is 26.0 Å². The van der Waals surface area contributed by atoms with Crippen LogP contribution in [0.2, 0.25) is 10.0 Å². The van der Waals surface area contributed by atoms with Gasteiger partial charge in [0.25, 0.3) is 5.92 Å². The lowest BCUT2D eigenvalue weighted by atomic mass is 10.0. The summed E-state index contributed by atoms with van der Waals surface area (Å²) >= 11 is 13.1. The zero-order chi connectivity index (χ0) is 27.9. The number of aryl methyl sites for hydroxylation is 1. The van der Waals surface area contributed by atoms with Gasteiger partial charge in [-0.05, 0) is 38.0 Å². The monoisotopic (exact) mass is 596 g/mol. The molecule has 1 aromatic carbocycles. The Balaban J connectivity index is 1.51. The molecular formula is C25H24Cl2F2N6O3S. The molecule has 1 fully saturated rings. The summed E-state index contributed by atoms with van der Waals surface area (Å²) in [6.45, 7) is 0.512. The van der Waals surface area contributed by atoms with Gasteiger partial charge in [-0.15, -0.1) is 11.3 Å². The van der Waals surface area contributed by atoms with Crippen LogP contribution in [0.5, 0.6) is 0 Å². The van der Waals surface area contributed by atoms with Gasteiger partial charge in [0.15, 0.2) is 5.72 Å². The van der Waals surface area contributed by atoms with Crippen LogP contribution in [0.25, 0.3) is 20.8 Å². The van der Waals surface area contributed by atoms with Gasteiger partial charge in [0.05, 0.1) is 38.7 Å². The SMILES string of the molecule is Cc1nc(NCC(F)(F)c2ccc(Cl)c(Cl)c2)nc(NC2(O)CCC(CO)C2O)c1-c1nc2cnccc2s1. The quantitative estimate of drug-likeness (QED) is 0.181. The second-order valence-corrected chi connectivity index (χ2v) is 11.2. The summed E-state index contributed by atoms with van der Waals surface area (Å²) in [7, 11) is 0. The molecular weight excluding hydrogens is 573 g/mol. The Morgan fingerprint density at radius 1 is 1.18 bits per heavy atom. The average Bonchev–Trinajstić information content (AvgIpc) is 3.44. The van der Waals surface area contributed by atoms with Crippen molar-refractivity contribution in [1.29, 1.82) is 0 Å². The van der Waals surface area contributed by atoms with Crippen LogP contribution in [-0.4, -0.2) is 60.2 Å². The number of pyridine rings is 1. The molecule has 5 rings (SSSR count). The first-order valence-electron chi connectivity index (χ1n) is 12.0. The molecule has 1 saturated carbocycles. The summed E-state index contributed by atoms with van der Waals surface area (Å²) in [5, 5.41) is 37.7. The third kappa shape index (κ3) is 5.49. The predicted molar refractivity (Wildman–Crippen MR) is 146 cm³/mol. The molecule has 4 aromatic rings. The van der Waals surface area contributed by atoms with Crippen molar-refractivity contribution in [3.63, 3.8) is 0 Å². The number of alkyl halides is 2. The molecule has 206 valence electrons.